The fraction of sp³-hybridized carbons (Fsp3) is 0. The van der Waals surface area contributed by atoms with Gasteiger partial charge in [-0.3, -0.25) is 0 Å². The highest BCUT2D eigenvalue weighted by Gasteiger charge is 2.18. The molecular formula is C6H2Br2F2IN. The molecule has 0 bridgehead atoms. The van der Waals surface area contributed by atoms with Gasteiger partial charge in [-0.15, -0.1) is 0 Å². The van der Waals surface area contributed by atoms with Crippen molar-refractivity contribution in [2.45, 2.75) is 0 Å². The molecule has 0 amide bonds. The van der Waals surface area contributed by atoms with Crippen LogP contribution in [-0.2, 0) is 0 Å². The van der Waals surface area contributed by atoms with Gasteiger partial charge in [-0.25, -0.2) is 8.78 Å². The molecule has 0 aliphatic heterocycles. The van der Waals surface area contributed by atoms with Crippen LogP contribution in [0.5, 0.6) is 0 Å². The summed E-state index contributed by atoms with van der Waals surface area (Å²) in [6, 6.07) is 0. The zero-order chi connectivity index (χ0) is 9.46. The standard InChI is InChI=1S/C6H2Br2F2IN/c7-1-3(9)4(10)2(8)6(12)5(1)11/h12H2. The highest BCUT2D eigenvalue weighted by molar-refractivity contribution is 14.1. The lowest BCUT2D eigenvalue weighted by Crippen LogP contribution is -1.99. The number of halogens is 5. The minimum atomic E-state index is -0.972. The number of hydrogen-bond donors (Lipinski definition) is 1. The molecule has 1 aromatic carbocycles. The second-order valence-electron chi connectivity index (χ2n) is 1.98. The van der Waals surface area contributed by atoms with Crippen molar-refractivity contribution in [3.05, 3.63) is 24.2 Å². The van der Waals surface area contributed by atoms with Gasteiger partial charge in [0.1, 0.15) is 0 Å². The van der Waals surface area contributed by atoms with Crippen molar-refractivity contribution in [3.63, 3.8) is 0 Å². The van der Waals surface area contributed by atoms with Crippen LogP contribution in [0.25, 0.3) is 0 Å². The van der Waals surface area contributed by atoms with Crippen LogP contribution in [0, 0.1) is 15.2 Å². The molecule has 66 valence electrons. The monoisotopic (exact) mass is 411 g/mol. The van der Waals surface area contributed by atoms with Gasteiger partial charge < -0.3 is 5.73 Å². The summed E-state index contributed by atoms with van der Waals surface area (Å²) < 4.78 is 26.3. The summed E-state index contributed by atoms with van der Waals surface area (Å²) in [5.41, 5.74) is 5.66. The van der Waals surface area contributed by atoms with Crippen molar-refractivity contribution in [2.24, 2.45) is 0 Å². The van der Waals surface area contributed by atoms with Gasteiger partial charge in [0, 0.05) is 0 Å². The maximum absolute atomic E-state index is 12.9. The number of anilines is 1. The molecule has 6 heteroatoms. The molecule has 0 atom stereocenters. The third-order valence-corrected chi connectivity index (χ3v) is 4.63. The number of nitrogen functional groups attached to an aromatic ring is 1. The molecule has 0 saturated heterocycles. The molecule has 2 N–H and O–H groups in total. The lowest BCUT2D eigenvalue weighted by atomic mass is 10.3. The number of rotatable bonds is 0. The molecule has 1 aromatic rings. The van der Waals surface area contributed by atoms with Crippen LogP contribution in [0.3, 0.4) is 0 Å². The normalized spacial score (nSPS) is 10.4. The van der Waals surface area contributed by atoms with E-state index in [2.05, 4.69) is 31.9 Å². The molecule has 0 fully saturated rings. The Morgan fingerprint density at radius 1 is 1.08 bits per heavy atom. The molecule has 0 saturated carbocycles. The van der Waals surface area contributed by atoms with Crippen LogP contribution in [0.1, 0.15) is 0 Å². The van der Waals surface area contributed by atoms with Crippen LogP contribution in [0.15, 0.2) is 8.95 Å². The van der Waals surface area contributed by atoms with Crippen LogP contribution < -0.4 is 5.73 Å². The first-order chi connectivity index (χ1) is 5.46. The van der Waals surface area contributed by atoms with Crippen molar-refractivity contribution < 1.29 is 8.78 Å². The van der Waals surface area contributed by atoms with E-state index < -0.39 is 11.6 Å². The SMILES string of the molecule is Nc1c(Br)c(F)c(F)c(Br)c1I. The summed E-state index contributed by atoms with van der Waals surface area (Å²) in [5, 5.41) is 0. The molecule has 0 aromatic heterocycles. The second-order valence-corrected chi connectivity index (χ2v) is 4.65. The Hall–Kier alpha value is 0.570. The Bertz CT molecular complexity index is 238. The third kappa shape index (κ3) is 1.60. The average Bonchev–Trinajstić information content (AvgIpc) is 2.08. The van der Waals surface area contributed by atoms with Crippen LogP contribution in [0.2, 0.25) is 0 Å². The molecule has 0 unspecified atom stereocenters. The smallest absolute Gasteiger partial charge is 0.176 e. The van der Waals surface area contributed by atoms with E-state index in [1.165, 1.54) is 0 Å². The second kappa shape index (κ2) is 3.75. The molecule has 1 rings (SSSR count). The quantitative estimate of drug-likeness (QED) is 0.299. The highest BCUT2D eigenvalue weighted by atomic mass is 127. The Morgan fingerprint density at radius 3 is 2.00 bits per heavy atom. The number of hydrogen-bond acceptors (Lipinski definition) is 1. The Morgan fingerprint density at radius 2 is 1.50 bits per heavy atom. The molecule has 0 aliphatic rings. The topological polar surface area (TPSA) is 26.0 Å². The van der Waals surface area contributed by atoms with E-state index in [9.17, 15) is 8.78 Å². The van der Waals surface area contributed by atoms with Gasteiger partial charge in [0.25, 0.3) is 0 Å². The van der Waals surface area contributed by atoms with Gasteiger partial charge >= 0.3 is 0 Å². The predicted molar refractivity (Wildman–Crippen MR) is 58.9 cm³/mol. The third-order valence-electron chi connectivity index (χ3n) is 1.24. The van der Waals surface area contributed by atoms with Gasteiger partial charge in [0.15, 0.2) is 11.6 Å². The van der Waals surface area contributed by atoms with Gasteiger partial charge in [-0.2, -0.15) is 0 Å². The fourth-order valence-corrected chi connectivity index (χ4v) is 2.26. The molecule has 12 heavy (non-hydrogen) atoms. The molecule has 0 radical (unpaired) electrons. The van der Waals surface area contributed by atoms with E-state index in [1.54, 1.807) is 0 Å². The predicted octanol–water partition coefficient (Wildman–Crippen LogP) is 3.68. The van der Waals surface area contributed by atoms with Crippen molar-refractivity contribution in [2.75, 3.05) is 5.73 Å². The summed E-state index contributed by atoms with van der Waals surface area (Å²) in [5.74, 6) is -1.90. The van der Waals surface area contributed by atoms with Crippen molar-refractivity contribution in [3.8, 4) is 0 Å². The minimum absolute atomic E-state index is 0.0346. The van der Waals surface area contributed by atoms with E-state index in [-0.39, 0.29) is 14.6 Å². The molecular weight excluding hydrogens is 411 g/mol. The zero-order valence-electron chi connectivity index (χ0n) is 5.47. The number of benzene rings is 1. The summed E-state index contributed by atoms with van der Waals surface area (Å²) in [6.07, 6.45) is 0. The Labute approximate surface area is 98.1 Å². The summed E-state index contributed by atoms with van der Waals surface area (Å²) in [7, 11) is 0. The minimum Gasteiger partial charge on any atom is -0.397 e. The summed E-state index contributed by atoms with van der Waals surface area (Å²) in [6.45, 7) is 0. The van der Waals surface area contributed by atoms with E-state index in [1.807, 2.05) is 22.6 Å². The molecule has 0 heterocycles. The Kier molecular flexibility index (Phi) is 3.33. The highest BCUT2D eigenvalue weighted by Crippen LogP contribution is 2.35. The molecule has 0 aliphatic carbocycles. The first-order valence-electron chi connectivity index (χ1n) is 2.73. The lowest BCUT2D eigenvalue weighted by Gasteiger charge is -2.06. The van der Waals surface area contributed by atoms with Crippen LogP contribution >= 0.6 is 54.5 Å². The zero-order valence-corrected chi connectivity index (χ0v) is 10.8. The first-order valence-corrected chi connectivity index (χ1v) is 5.40. The van der Waals surface area contributed by atoms with Crippen molar-refractivity contribution >= 4 is 60.1 Å². The summed E-state index contributed by atoms with van der Waals surface area (Å²) in [4.78, 5) is 0. The van der Waals surface area contributed by atoms with Gasteiger partial charge in [0.05, 0.1) is 18.2 Å². The molecule has 1 nitrogen and oxygen atoms in total. The maximum atomic E-state index is 12.9. The average molecular weight is 413 g/mol. The van der Waals surface area contributed by atoms with Gasteiger partial charge in [-0.05, 0) is 54.5 Å². The van der Waals surface area contributed by atoms with Crippen LogP contribution in [-0.4, -0.2) is 0 Å². The van der Waals surface area contributed by atoms with Crippen molar-refractivity contribution in [1.29, 1.82) is 0 Å². The van der Waals surface area contributed by atoms with E-state index in [0.29, 0.717) is 3.57 Å². The van der Waals surface area contributed by atoms with E-state index >= 15 is 0 Å². The van der Waals surface area contributed by atoms with E-state index in [4.69, 9.17) is 5.73 Å². The number of nitrogens with two attached hydrogens (primary N) is 1. The Balaban J connectivity index is 3.60. The van der Waals surface area contributed by atoms with Gasteiger partial charge in [0.2, 0.25) is 0 Å². The van der Waals surface area contributed by atoms with E-state index in [0.717, 1.165) is 0 Å². The van der Waals surface area contributed by atoms with Crippen molar-refractivity contribution in [1.82, 2.24) is 0 Å². The molecule has 0 spiro atoms. The lowest BCUT2D eigenvalue weighted by molar-refractivity contribution is 0.499. The maximum Gasteiger partial charge on any atom is 0.176 e. The fourth-order valence-electron chi connectivity index (χ4n) is 0.622. The summed E-state index contributed by atoms with van der Waals surface area (Å²) >= 11 is 7.57. The van der Waals surface area contributed by atoms with Gasteiger partial charge in [-0.1, -0.05) is 0 Å². The van der Waals surface area contributed by atoms with Crippen LogP contribution in [0.4, 0.5) is 14.5 Å². The first kappa shape index (κ1) is 10.6. The largest absolute Gasteiger partial charge is 0.397 e.